The number of unbranched alkanes of at least 4 members (excludes halogenated alkanes) is 2. The third kappa shape index (κ3) is 5.24. The summed E-state index contributed by atoms with van der Waals surface area (Å²) in [6.07, 6.45) is 3.28. The Balaban J connectivity index is 1.84. The Morgan fingerprint density at radius 3 is 2.70 bits per heavy atom. The first-order valence-electron chi connectivity index (χ1n) is 9.84. The molecule has 0 aliphatic heterocycles. The van der Waals surface area contributed by atoms with Crippen LogP contribution >= 0.6 is 12.2 Å². The van der Waals surface area contributed by atoms with E-state index in [0.717, 1.165) is 24.6 Å². The normalized spacial score (nSPS) is 10.6. The maximum absolute atomic E-state index is 12.5. The molecule has 6 nitrogen and oxygen atoms in total. The second kappa shape index (κ2) is 10.0. The van der Waals surface area contributed by atoms with Gasteiger partial charge in [0.25, 0.3) is 0 Å². The van der Waals surface area contributed by atoms with Gasteiger partial charge in [-0.3, -0.25) is 4.79 Å². The molecule has 0 saturated carbocycles. The number of methoxy groups -OCH3 is 1. The van der Waals surface area contributed by atoms with E-state index in [1.54, 1.807) is 30.3 Å². The van der Waals surface area contributed by atoms with Crippen molar-refractivity contribution >= 4 is 39.9 Å². The van der Waals surface area contributed by atoms with Crippen molar-refractivity contribution in [3.8, 4) is 16.9 Å². The number of hydrogen-bond donors (Lipinski definition) is 2. The molecule has 0 fully saturated rings. The number of thiocarbonyl (C=S) groups is 1. The Hall–Kier alpha value is -3.19. The Kier molecular flexibility index (Phi) is 7.19. The van der Waals surface area contributed by atoms with Crippen LogP contribution < -0.4 is 21.0 Å². The number of amides is 1. The van der Waals surface area contributed by atoms with E-state index in [2.05, 4.69) is 17.6 Å². The molecular formula is C23H24N2O4S. The van der Waals surface area contributed by atoms with Crippen LogP contribution in [0.2, 0.25) is 0 Å². The molecule has 0 unspecified atom stereocenters. The molecule has 0 spiro atoms. The van der Waals surface area contributed by atoms with Crippen molar-refractivity contribution in [2.24, 2.45) is 0 Å². The predicted octanol–water partition coefficient (Wildman–Crippen LogP) is 4.86. The number of para-hydroxylation sites is 1. The van der Waals surface area contributed by atoms with Crippen LogP contribution in [-0.4, -0.2) is 18.1 Å². The van der Waals surface area contributed by atoms with Crippen LogP contribution in [0.4, 0.5) is 5.69 Å². The van der Waals surface area contributed by atoms with E-state index in [0.29, 0.717) is 34.6 Å². The highest BCUT2D eigenvalue weighted by Crippen LogP contribution is 2.30. The molecule has 2 N–H and O–H groups in total. The SMILES string of the molecule is CCCCCC(=O)NC(=S)Nc1cc(-c2cc3ccccc3oc2=O)ccc1OC. The zero-order chi connectivity index (χ0) is 21.5. The van der Waals surface area contributed by atoms with Crippen LogP contribution in [0.1, 0.15) is 32.6 Å². The van der Waals surface area contributed by atoms with E-state index in [1.807, 2.05) is 18.2 Å². The molecule has 3 aromatic rings. The predicted molar refractivity (Wildman–Crippen MR) is 123 cm³/mol. The molecule has 3 rings (SSSR count). The van der Waals surface area contributed by atoms with Gasteiger partial charge in [-0.05, 0) is 48.5 Å². The van der Waals surface area contributed by atoms with Crippen molar-refractivity contribution in [3.05, 3.63) is 59.0 Å². The second-order valence-corrected chi connectivity index (χ2v) is 7.27. The first kappa shape index (κ1) is 21.5. The third-order valence-corrected chi connectivity index (χ3v) is 4.86. The quantitative estimate of drug-likeness (QED) is 0.320. The zero-order valence-corrected chi connectivity index (χ0v) is 17.8. The molecule has 0 radical (unpaired) electrons. The lowest BCUT2D eigenvalue weighted by Gasteiger charge is -2.14. The van der Waals surface area contributed by atoms with Gasteiger partial charge in [0.2, 0.25) is 5.91 Å². The van der Waals surface area contributed by atoms with Crippen molar-refractivity contribution in [2.75, 3.05) is 12.4 Å². The molecule has 2 aromatic carbocycles. The standard InChI is InChI=1S/C23H24N2O4S/c1-3-4-5-10-21(26)25-23(30)24-18-14-15(11-12-20(18)28-2)17-13-16-8-6-7-9-19(16)29-22(17)27/h6-9,11-14H,3-5,10H2,1-2H3,(H2,24,25,26,30). The monoisotopic (exact) mass is 424 g/mol. The number of hydrogen-bond acceptors (Lipinski definition) is 5. The Morgan fingerprint density at radius 2 is 1.93 bits per heavy atom. The highest BCUT2D eigenvalue weighted by atomic mass is 32.1. The first-order chi connectivity index (χ1) is 14.5. The Labute approximate surface area is 180 Å². The van der Waals surface area contributed by atoms with Gasteiger partial charge in [-0.2, -0.15) is 0 Å². The maximum Gasteiger partial charge on any atom is 0.344 e. The minimum absolute atomic E-state index is 0.133. The molecule has 0 bridgehead atoms. The Bertz CT molecular complexity index is 1120. The van der Waals surface area contributed by atoms with Crippen LogP contribution in [0.25, 0.3) is 22.1 Å². The lowest BCUT2D eigenvalue weighted by Crippen LogP contribution is -2.34. The van der Waals surface area contributed by atoms with Gasteiger partial charge >= 0.3 is 5.63 Å². The molecule has 0 aliphatic rings. The average Bonchev–Trinajstić information content (AvgIpc) is 2.73. The minimum atomic E-state index is -0.434. The van der Waals surface area contributed by atoms with Crippen LogP contribution in [0.3, 0.4) is 0 Å². The van der Waals surface area contributed by atoms with Crippen molar-refractivity contribution < 1.29 is 13.9 Å². The summed E-state index contributed by atoms with van der Waals surface area (Å²) in [4.78, 5) is 24.5. The summed E-state index contributed by atoms with van der Waals surface area (Å²) in [6.45, 7) is 2.08. The molecule has 30 heavy (non-hydrogen) atoms. The van der Waals surface area contributed by atoms with Crippen molar-refractivity contribution in [3.63, 3.8) is 0 Å². The van der Waals surface area contributed by atoms with Crippen molar-refractivity contribution in [1.82, 2.24) is 5.32 Å². The number of rotatable bonds is 7. The summed E-state index contributed by atoms with van der Waals surface area (Å²) >= 11 is 5.27. The molecular weight excluding hydrogens is 400 g/mol. The van der Waals surface area contributed by atoms with E-state index < -0.39 is 5.63 Å². The number of carbonyl (C=O) groups is 1. The summed E-state index contributed by atoms with van der Waals surface area (Å²) in [6, 6.07) is 14.4. The van der Waals surface area contributed by atoms with Gasteiger partial charge in [0.05, 0.1) is 18.4 Å². The number of fused-ring (bicyclic) bond motifs is 1. The lowest BCUT2D eigenvalue weighted by atomic mass is 10.0. The lowest BCUT2D eigenvalue weighted by molar-refractivity contribution is -0.119. The zero-order valence-electron chi connectivity index (χ0n) is 17.0. The molecule has 0 saturated heterocycles. The fourth-order valence-electron chi connectivity index (χ4n) is 3.11. The highest BCUT2D eigenvalue weighted by molar-refractivity contribution is 7.80. The van der Waals surface area contributed by atoms with Gasteiger partial charge in [-0.1, -0.05) is 44.0 Å². The smallest absolute Gasteiger partial charge is 0.344 e. The summed E-state index contributed by atoms with van der Waals surface area (Å²) in [5, 5.41) is 6.67. The van der Waals surface area contributed by atoms with E-state index >= 15 is 0 Å². The molecule has 156 valence electrons. The van der Waals surface area contributed by atoms with E-state index in [-0.39, 0.29) is 11.0 Å². The summed E-state index contributed by atoms with van der Waals surface area (Å²) < 4.78 is 10.8. The van der Waals surface area contributed by atoms with Crippen LogP contribution in [-0.2, 0) is 4.79 Å². The van der Waals surface area contributed by atoms with Gasteiger partial charge in [0.15, 0.2) is 5.11 Å². The number of benzene rings is 2. The number of anilines is 1. The molecule has 1 amide bonds. The van der Waals surface area contributed by atoms with E-state index in [9.17, 15) is 9.59 Å². The molecule has 0 atom stereocenters. The van der Waals surface area contributed by atoms with Gasteiger partial charge in [0, 0.05) is 11.8 Å². The number of ether oxygens (including phenoxy) is 1. The second-order valence-electron chi connectivity index (χ2n) is 6.86. The third-order valence-electron chi connectivity index (χ3n) is 4.66. The molecule has 1 aromatic heterocycles. The first-order valence-corrected chi connectivity index (χ1v) is 10.2. The van der Waals surface area contributed by atoms with E-state index in [1.165, 1.54) is 7.11 Å². The minimum Gasteiger partial charge on any atom is -0.495 e. The largest absolute Gasteiger partial charge is 0.495 e. The molecule has 7 heteroatoms. The van der Waals surface area contributed by atoms with Crippen molar-refractivity contribution in [1.29, 1.82) is 0 Å². The fourth-order valence-corrected chi connectivity index (χ4v) is 3.34. The molecule has 0 aliphatic carbocycles. The Morgan fingerprint density at radius 1 is 1.13 bits per heavy atom. The average molecular weight is 425 g/mol. The number of nitrogens with one attached hydrogen (secondary N) is 2. The van der Waals surface area contributed by atoms with Crippen LogP contribution in [0.15, 0.2) is 57.7 Å². The van der Waals surface area contributed by atoms with Crippen molar-refractivity contribution in [2.45, 2.75) is 32.6 Å². The summed E-state index contributed by atoms with van der Waals surface area (Å²) in [7, 11) is 1.54. The topological polar surface area (TPSA) is 80.6 Å². The van der Waals surface area contributed by atoms with Crippen LogP contribution in [0.5, 0.6) is 5.75 Å². The summed E-state index contributed by atoms with van der Waals surface area (Å²) in [5.41, 5.74) is 1.71. The maximum atomic E-state index is 12.5. The fraction of sp³-hybridized carbons (Fsp3) is 0.261. The highest BCUT2D eigenvalue weighted by Gasteiger charge is 2.13. The van der Waals surface area contributed by atoms with E-state index in [4.69, 9.17) is 21.4 Å². The molecule has 1 heterocycles. The van der Waals surface area contributed by atoms with Gasteiger partial charge in [0.1, 0.15) is 11.3 Å². The summed E-state index contributed by atoms with van der Waals surface area (Å²) in [5.74, 6) is 0.401. The van der Waals surface area contributed by atoms with Gasteiger partial charge < -0.3 is 19.8 Å². The van der Waals surface area contributed by atoms with Gasteiger partial charge in [-0.25, -0.2) is 4.79 Å². The number of carbonyl (C=O) groups excluding carboxylic acids is 1. The van der Waals surface area contributed by atoms with Gasteiger partial charge in [-0.15, -0.1) is 0 Å². The van der Waals surface area contributed by atoms with Crippen LogP contribution in [0, 0.1) is 0 Å².